The molecule has 94 valence electrons. The second-order valence-corrected chi connectivity index (χ2v) is 3.73. The Hall–Kier alpha value is -2.35. The third-order valence-electron chi connectivity index (χ3n) is 2.62. The minimum Gasteiger partial charge on any atom is -0.311 e. The molecule has 8 heteroatoms. The van der Waals surface area contributed by atoms with Crippen LogP contribution in [0.25, 0.3) is 5.69 Å². The Labute approximate surface area is 103 Å². The molecule has 0 aliphatic carbocycles. The highest BCUT2D eigenvalue weighted by atomic mass is 16.6. The van der Waals surface area contributed by atoms with E-state index in [0.717, 1.165) is 0 Å². The van der Waals surface area contributed by atoms with E-state index in [2.05, 4.69) is 20.8 Å². The highest BCUT2D eigenvalue weighted by Gasteiger charge is 2.14. The fourth-order valence-electron chi connectivity index (χ4n) is 1.49. The van der Waals surface area contributed by atoms with Crippen LogP contribution >= 0.6 is 0 Å². The molecule has 2 rings (SSSR count). The second-order valence-electron chi connectivity index (χ2n) is 3.73. The molecule has 1 N–H and O–H groups in total. The van der Waals surface area contributed by atoms with Gasteiger partial charge in [0.05, 0.1) is 16.7 Å². The Morgan fingerprint density at radius 3 is 2.61 bits per heavy atom. The van der Waals surface area contributed by atoms with Crippen LogP contribution in [-0.2, 0) is 0 Å². The number of hydrogen-bond donors (Lipinski definition) is 1. The van der Waals surface area contributed by atoms with Gasteiger partial charge in [-0.2, -0.15) is 4.68 Å². The van der Waals surface area contributed by atoms with Crippen molar-refractivity contribution in [2.24, 2.45) is 0 Å². The Morgan fingerprint density at radius 2 is 2.06 bits per heavy atom. The van der Waals surface area contributed by atoms with Crippen molar-refractivity contribution in [2.45, 2.75) is 13.0 Å². The highest BCUT2D eigenvalue weighted by Crippen LogP contribution is 2.17. The van der Waals surface area contributed by atoms with Crippen molar-refractivity contribution in [2.75, 3.05) is 7.05 Å². The zero-order chi connectivity index (χ0) is 13.1. The van der Waals surface area contributed by atoms with Crippen LogP contribution < -0.4 is 5.32 Å². The molecule has 8 nitrogen and oxygen atoms in total. The quantitative estimate of drug-likeness (QED) is 0.636. The number of rotatable bonds is 4. The first-order valence-corrected chi connectivity index (χ1v) is 5.34. The molecular formula is C10H12N6O2. The molecule has 0 spiro atoms. The molecular weight excluding hydrogens is 236 g/mol. The standard InChI is InChI=1S/C10H12N6O2/c1-7(11-2)10-12-13-14-15(10)8-3-5-9(6-4-8)16(17)18/h3-7,11H,1-2H3. The molecule has 0 amide bonds. The summed E-state index contributed by atoms with van der Waals surface area (Å²) in [6, 6.07) is 6.05. The summed E-state index contributed by atoms with van der Waals surface area (Å²) in [7, 11) is 1.81. The van der Waals surface area contributed by atoms with E-state index in [1.807, 2.05) is 6.92 Å². The monoisotopic (exact) mass is 248 g/mol. The topological polar surface area (TPSA) is 98.8 Å². The van der Waals surface area contributed by atoms with Crippen molar-refractivity contribution in [1.82, 2.24) is 25.5 Å². The van der Waals surface area contributed by atoms with Gasteiger partial charge in [0, 0.05) is 12.1 Å². The van der Waals surface area contributed by atoms with Gasteiger partial charge in [0.25, 0.3) is 5.69 Å². The summed E-state index contributed by atoms with van der Waals surface area (Å²) in [4.78, 5) is 10.1. The van der Waals surface area contributed by atoms with Gasteiger partial charge in [-0.05, 0) is 36.5 Å². The van der Waals surface area contributed by atoms with Crippen LogP contribution in [0.3, 0.4) is 0 Å². The van der Waals surface area contributed by atoms with Crippen molar-refractivity contribution in [3.05, 3.63) is 40.2 Å². The molecule has 0 fully saturated rings. The van der Waals surface area contributed by atoms with E-state index < -0.39 is 4.92 Å². The highest BCUT2D eigenvalue weighted by molar-refractivity contribution is 5.40. The number of hydrogen-bond acceptors (Lipinski definition) is 6. The Balaban J connectivity index is 2.37. The molecule has 0 aliphatic rings. The summed E-state index contributed by atoms with van der Waals surface area (Å²) >= 11 is 0. The normalized spacial score (nSPS) is 12.3. The first kappa shape index (κ1) is 12.1. The average Bonchev–Trinajstić information content (AvgIpc) is 2.87. The second kappa shape index (κ2) is 4.88. The third kappa shape index (κ3) is 2.18. The lowest BCUT2D eigenvalue weighted by Gasteiger charge is -2.09. The largest absolute Gasteiger partial charge is 0.311 e. The molecule has 0 aliphatic heterocycles. The number of nitrogens with one attached hydrogen (secondary N) is 1. The zero-order valence-electron chi connectivity index (χ0n) is 9.94. The fourth-order valence-corrected chi connectivity index (χ4v) is 1.49. The number of benzene rings is 1. The van der Waals surface area contributed by atoms with Gasteiger partial charge >= 0.3 is 0 Å². The first-order chi connectivity index (χ1) is 8.63. The van der Waals surface area contributed by atoms with Gasteiger partial charge < -0.3 is 5.32 Å². The van der Waals surface area contributed by atoms with Crippen molar-refractivity contribution in [3.63, 3.8) is 0 Å². The predicted molar refractivity (Wildman–Crippen MR) is 63.3 cm³/mol. The smallest absolute Gasteiger partial charge is 0.269 e. The van der Waals surface area contributed by atoms with Crippen molar-refractivity contribution in [1.29, 1.82) is 0 Å². The van der Waals surface area contributed by atoms with E-state index in [4.69, 9.17) is 0 Å². The maximum atomic E-state index is 10.6. The van der Waals surface area contributed by atoms with Crippen LogP contribution in [0.2, 0.25) is 0 Å². The minimum absolute atomic E-state index is 0.0183. The molecule has 18 heavy (non-hydrogen) atoms. The van der Waals surface area contributed by atoms with Gasteiger partial charge in [-0.3, -0.25) is 10.1 Å². The Morgan fingerprint density at radius 1 is 1.39 bits per heavy atom. The first-order valence-electron chi connectivity index (χ1n) is 5.34. The van der Waals surface area contributed by atoms with E-state index in [0.29, 0.717) is 11.5 Å². The van der Waals surface area contributed by atoms with Gasteiger partial charge in [0.2, 0.25) is 0 Å². The molecule has 2 aromatic rings. The summed E-state index contributed by atoms with van der Waals surface area (Å²) in [6.07, 6.45) is 0. The number of nitro groups is 1. The maximum absolute atomic E-state index is 10.6. The van der Waals surface area contributed by atoms with Crippen LogP contribution in [0.4, 0.5) is 5.69 Å². The van der Waals surface area contributed by atoms with Crippen molar-refractivity contribution < 1.29 is 4.92 Å². The number of aromatic nitrogens is 4. The number of tetrazole rings is 1. The van der Waals surface area contributed by atoms with Crippen molar-refractivity contribution in [3.8, 4) is 5.69 Å². The van der Waals surface area contributed by atoms with Gasteiger partial charge in [0.1, 0.15) is 0 Å². The van der Waals surface area contributed by atoms with Crippen LogP contribution in [0.1, 0.15) is 18.8 Å². The van der Waals surface area contributed by atoms with Crippen LogP contribution in [0, 0.1) is 10.1 Å². The van der Waals surface area contributed by atoms with Gasteiger partial charge in [0.15, 0.2) is 5.82 Å². The van der Waals surface area contributed by atoms with E-state index >= 15 is 0 Å². The summed E-state index contributed by atoms with van der Waals surface area (Å²) in [5.41, 5.74) is 0.720. The fraction of sp³-hybridized carbons (Fsp3) is 0.300. The number of nitro benzene ring substituents is 1. The summed E-state index contributed by atoms with van der Waals surface area (Å²) in [5, 5.41) is 25.0. The summed E-state index contributed by atoms with van der Waals surface area (Å²) in [6.45, 7) is 1.92. The molecule has 1 aromatic carbocycles. The molecule has 0 radical (unpaired) electrons. The summed E-state index contributed by atoms with van der Waals surface area (Å²) in [5.74, 6) is 0.645. The lowest BCUT2D eigenvalue weighted by Crippen LogP contribution is -2.17. The van der Waals surface area contributed by atoms with Crippen LogP contribution in [0.5, 0.6) is 0 Å². The minimum atomic E-state index is -0.444. The average molecular weight is 248 g/mol. The maximum Gasteiger partial charge on any atom is 0.269 e. The Bertz CT molecular complexity index is 550. The Kier molecular flexibility index (Phi) is 3.28. The SMILES string of the molecule is CNC(C)c1nnnn1-c1ccc([N+](=O)[O-])cc1. The van der Waals surface area contributed by atoms with E-state index in [-0.39, 0.29) is 11.7 Å². The van der Waals surface area contributed by atoms with Crippen molar-refractivity contribution >= 4 is 5.69 Å². The molecule has 1 heterocycles. The van der Waals surface area contributed by atoms with Crippen LogP contribution in [-0.4, -0.2) is 32.2 Å². The molecule has 1 aromatic heterocycles. The lowest BCUT2D eigenvalue weighted by atomic mass is 10.2. The van der Waals surface area contributed by atoms with E-state index in [1.165, 1.54) is 12.1 Å². The van der Waals surface area contributed by atoms with Crippen LogP contribution in [0.15, 0.2) is 24.3 Å². The molecule has 0 bridgehead atoms. The van der Waals surface area contributed by atoms with Gasteiger partial charge in [-0.25, -0.2) is 0 Å². The predicted octanol–water partition coefficient (Wildman–Crippen LogP) is 0.851. The molecule has 1 atom stereocenters. The van der Waals surface area contributed by atoms with Gasteiger partial charge in [-0.1, -0.05) is 0 Å². The lowest BCUT2D eigenvalue weighted by molar-refractivity contribution is -0.384. The zero-order valence-corrected chi connectivity index (χ0v) is 9.94. The van der Waals surface area contributed by atoms with E-state index in [9.17, 15) is 10.1 Å². The molecule has 1 unspecified atom stereocenters. The number of nitrogens with zero attached hydrogens (tertiary/aromatic N) is 5. The molecule has 0 saturated carbocycles. The molecule has 0 saturated heterocycles. The number of non-ortho nitro benzene ring substituents is 1. The van der Waals surface area contributed by atoms with E-state index in [1.54, 1.807) is 23.9 Å². The van der Waals surface area contributed by atoms with Gasteiger partial charge in [-0.15, -0.1) is 5.10 Å². The summed E-state index contributed by atoms with van der Waals surface area (Å²) < 4.78 is 1.55. The third-order valence-corrected chi connectivity index (χ3v) is 2.62.